The van der Waals surface area contributed by atoms with Crippen molar-refractivity contribution in [3.63, 3.8) is 0 Å². The molecule has 9 heteroatoms. The monoisotopic (exact) mass is 574 g/mol. The fourth-order valence-electron chi connectivity index (χ4n) is 3.29. The number of nitrogens with one attached hydrogen (secondary N) is 3. The molecule has 0 fully saturated rings. The van der Waals surface area contributed by atoms with Gasteiger partial charge in [-0.3, -0.25) is 4.99 Å². The Hall–Kier alpha value is -1.85. The van der Waals surface area contributed by atoms with E-state index in [1.165, 1.54) is 5.56 Å². The first-order valence-electron chi connectivity index (χ1n) is 10.4. The lowest BCUT2D eigenvalue weighted by molar-refractivity contribution is 0.409. The maximum Gasteiger partial charge on any atom is 0.216 e. The first-order chi connectivity index (χ1) is 14.7. The molecular weight excluding hydrogens is 539 g/mol. The highest BCUT2D eigenvalue weighted by atomic mass is 127. The molecule has 2 aromatic rings. The van der Waals surface area contributed by atoms with Crippen molar-refractivity contribution in [2.75, 3.05) is 20.7 Å². The molecule has 0 atom stereocenters. The summed E-state index contributed by atoms with van der Waals surface area (Å²) >= 11 is 0. The molecule has 0 aliphatic rings. The molecule has 0 aliphatic heterocycles. The molecule has 0 aliphatic carbocycles. The van der Waals surface area contributed by atoms with Crippen LogP contribution in [0.25, 0.3) is 0 Å². The maximum absolute atomic E-state index is 12.3. The van der Waals surface area contributed by atoms with Gasteiger partial charge in [0.2, 0.25) is 10.0 Å². The summed E-state index contributed by atoms with van der Waals surface area (Å²) < 4.78 is 32.7. The van der Waals surface area contributed by atoms with Gasteiger partial charge in [0.25, 0.3) is 0 Å². The number of ether oxygens (including phenoxy) is 1. The minimum atomic E-state index is -3.39. The average molecular weight is 575 g/mol. The maximum atomic E-state index is 12.3. The van der Waals surface area contributed by atoms with Crippen LogP contribution in [0.3, 0.4) is 0 Å². The van der Waals surface area contributed by atoms with Gasteiger partial charge >= 0.3 is 0 Å². The predicted molar refractivity (Wildman–Crippen MR) is 142 cm³/mol. The van der Waals surface area contributed by atoms with Crippen molar-refractivity contribution in [3.8, 4) is 5.75 Å². The zero-order chi connectivity index (χ0) is 22.9. The fraction of sp³-hybridized carbons (Fsp3) is 0.435. The molecular formula is C23H35IN4O3S. The Morgan fingerprint density at radius 2 is 1.75 bits per heavy atom. The highest BCUT2D eigenvalue weighted by Gasteiger charge is 2.15. The molecule has 7 nitrogen and oxygen atoms in total. The number of benzene rings is 2. The largest absolute Gasteiger partial charge is 0.496 e. The Morgan fingerprint density at radius 1 is 1.06 bits per heavy atom. The fourth-order valence-corrected chi connectivity index (χ4v) is 4.79. The van der Waals surface area contributed by atoms with Crippen LogP contribution >= 0.6 is 24.0 Å². The van der Waals surface area contributed by atoms with E-state index < -0.39 is 10.0 Å². The van der Waals surface area contributed by atoms with Gasteiger partial charge in [-0.25, -0.2) is 13.1 Å². The van der Waals surface area contributed by atoms with Crippen LogP contribution in [0, 0.1) is 6.92 Å². The molecule has 0 aromatic heterocycles. The minimum absolute atomic E-state index is 0. The van der Waals surface area contributed by atoms with Crippen LogP contribution in [0.1, 0.15) is 36.1 Å². The van der Waals surface area contributed by atoms with Gasteiger partial charge in [-0.05, 0) is 49.9 Å². The van der Waals surface area contributed by atoms with Gasteiger partial charge in [0, 0.05) is 26.2 Å². The molecule has 178 valence electrons. The molecule has 0 radical (unpaired) electrons. The lowest BCUT2D eigenvalue weighted by Gasteiger charge is -2.16. The molecule has 0 heterocycles. The lowest BCUT2D eigenvalue weighted by atomic mass is 10.1. The van der Waals surface area contributed by atoms with E-state index in [9.17, 15) is 8.42 Å². The number of nitrogens with zero attached hydrogens (tertiary/aromatic N) is 1. The van der Waals surface area contributed by atoms with Gasteiger partial charge in [0.1, 0.15) is 5.75 Å². The van der Waals surface area contributed by atoms with Crippen molar-refractivity contribution in [3.05, 3.63) is 64.7 Å². The molecule has 2 rings (SSSR count). The van der Waals surface area contributed by atoms with Gasteiger partial charge in [-0.15, -0.1) is 24.0 Å². The SMILES string of the molecule is CN=C(NCCc1cc(C)ccc1OC)NCc1ccccc1CS(=O)(=O)NC(C)C.I. The summed E-state index contributed by atoms with van der Waals surface area (Å²) in [5, 5.41) is 6.58. The highest BCUT2D eigenvalue weighted by Crippen LogP contribution is 2.19. The third-order valence-electron chi connectivity index (χ3n) is 4.67. The van der Waals surface area contributed by atoms with E-state index in [1.54, 1.807) is 14.2 Å². The third-order valence-corrected chi connectivity index (χ3v) is 6.19. The Balaban J connectivity index is 0.00000512. The number of hydrogen-bond acceptors (Lipinski definition) is 4. The molecule has 3 N–H and O–H groups in total. The van der Waals surface area contributed by atoms with Crippen LogP contribution < -0.4 is 20.1 Å². The number of hydrogen-bond donors (Lipinski definition) is 3. The van der Waals surface area contributed by atoms with Crippen molar-refractivity contribution in [2.24, 2.45) is 4.99 Å². The number of halogens is 1. The number of guanidine groups is 1. The molecule has 0 spiro atoms. The zero-order valence-electron chi connectivity index (χ0n) is 19.4. The first kappa shape index (κ1) is 28.2. The van der Waals surface area contributed by atoms with E-state index >= 15 is 0 Å². The molecule has 0 bridgehead atoms. The Morgan fingerprint density at radius 3 is 2.38 bits per heavy atom. The van der Waals surface area contributed by atoms with Crippen molar-refractivity contribution in [1.82, 2.24) is 15.4 Å². The quantitative estimate of drug-likeness (QED) is 0.230. The predicted octanol–water partition coefficient (Wildman–Crippen LogP) is 3.36. The third kappa shape index (κ3) is 9.33. The molecule has 0 saturated heterocycles. The summed E-state index contributed by atoms with van der Waals surface area (Å²) in [5.41, 5.74) is 4.01. The van der Waals surface area contributed by atoms with Crippen molar-refractivity contribution >= 4 is 40.0 Å². The summed E-state index contributed by atoms with van der Waals surface area (Å²) in [6.07, 6.45) is 0.793. The Labute approximate surface area is 209 Å². The van der Waals surface area contributed by atoms with E-state index in [2.05, 4.69) is 33.3 Å². The van der Waals surface area contributed by atoms with E-state index in [0.717, 1.165) is 28.9 Å². The van der Waals surface area contributed by atoms with Crippen LogP contribution in [0.15, 0.2) is 47.5 Å². The van der Waals surface area contributed by atoms with Gasteiger partial charge in [0.15, 0.2) is 5.96 Å². The molecule has 2 aromatic carbocycles. The summed E-state index contributed by atoms with van der Waals surface area (Å²) in [6, 6.07) is 13.5. The van der Waals surface area contributed by atoms with Crippen LogP contribution in [0.4, 0.5) is 0 Å². The Kier molecular flexibility index (Phi) is 12.0. The van der Waals surface area contributed by atoms with Gasteiger partial charge < -0.3 is 15.4 Å². The van der Waals surface area contributed by atoms with Crippen molar-refractivity contribution in [1.29, 1.82) is 0 Å². The number of sulfonamides is 1. The summed E-state index contributed by atoms with van der Waals surface area (Å²) in [5.74, 6) is 1.48. The zero-order valence-corrected chi connectivity index (χ0v) is 22.6. The second kappa shape index (κ2) is 13.6. The Bertz CT molecular complexity index is 994. The highest BCUT2D eigenvalue weighted by molar-refractivity contribution is 14.0. The van der Waals surface area contributed by atoms with Crippen LogP contribution in [0.5, 0.6) is 5.75 Å². The normalized spacial score (nSPS) is 11.8. The first-order valence-corrected chi connectivity index (χ1v) is 12.0. The molecule has 0 unspecified atom stereocenters. The number of rotatable bonds is 10. The van der Waals surface area contributed by atoms with E-state index in [1.807, 2.05) is 50.2 Å². The van der Waals surface area contributed by atoms with Crippen molar-refractivity contribution < 1.29 is 13.2 Å². The second-order valence-electron chi connectivity index (χ2n) is 7.72. The second-order valence-corrected chi connectivity index (χ2v) is 9.47. The standard InChI is InChI=1S/C23H34N4O3S.HI/c1-17(2)27-31(28,29)16-21-9-7-6-8-20(21)15-26-23(24-4)25-13-12-19-14-18(3)10-11-22(19)30-5;/h6-11,14,17,27H,12-13,15-16H2,1-5H3,(H2,24,25,26);1H. The molecule has 0 saturated carbocycles. The van der Waals surface area contributed by atoms with Crippen LogP contribution in [-0.2, 0) is 28.7 Å². The summed E-state index contributed by atoms with van der Waals surface area (Å²) in [6.45, 7) is 6.85. The van der Waals surface area contributed by atoms with Crippen LogP contribution in [-0.4, -0.2) is 41.1 Å². The number of aryl methyl sites for hydroxylation is 1. The molecule has 0 amide bonds. The average Bonchev–Trinajstić information content (AvgIpc) is 2.70. The van der Waals surface area contributed by atoms with E-state index in [0.29, 0.717) is 19.0 Å². The van der Waals surface area contributed by atoms with Gasteiger partial charge in [-0.1, -0.05) is 42.0 Å². The van der Waals surface area contributed by atoms with E-state index in [4.69, 9.17) is 4.74 Å². The summed E-state index contributed by atoms with van der Waals surface area (Å²) in [4.78, 5) is 4.27. The van der Waals surface area contributed by atoms with Gasteiger partial charge in [0.05, 0.1) is 12.9 Å². The van der Waals surface area contributed by atoms with Crippen molar-refractivity contribution in [2.45, 2.75) is 45.5 Å². The number of methoxy groups -OCH3 is 1. The smallest absolute Gasteiger partial charge is 0.216 e. The minimum Gasteiger partial charge on any atom is -0.496 e. The topological polar surface area (TPSA) is 91.8 Å². The van der Waals surface area contributed by atoms with E-state index in [-0.39, 0.29) is 35.8 Å². The summed E-state index contributed by atoms with van der Waals surface area (Å²) in [7, 11) is -0.000234. The number of aliphatic imine (C=N–C) groups is 1. The molecule has 32 heavy (non-hydrogen) atoms. The lowest BCUT2D eigenvalue weighted by Crippen LogP contribution is -2.38. The van der Waals surface area contributed by atoms with Gasteiger partial charge in [-0.2, -0.15) is 0 Å². The van der Waals surface area contributed by atoms with Crippen LogP contribution in [0.2, 0.25) is 0 Å².